The Balaban J connectivity index is 1.18. The van der Waals surface area contributed by atoms with Crippen LogP contribution in [0.1, 0.15) is 12.8 Å². The minimum atomic E-state index is -2.57. The van der Waals surface area contributed by atoms with E-state index < -0.39 is 7.14 Å². The van der Waals surface area contributed by atoms with Gasteiger partial charge in [-0.2, -0.15) is 0 Å². The fourth-order valence-corrected chi connectivity index (χ4v) is 7.13. The molecule has 0 unspecified atom stereocenters. The maximum absolute atomic E-state index is 13.1. The largest absolute Gasteiger partial charge is 0.495 e. The van der Waals surface area contributed by atoms with E-state index >= 15 is 0 Å². The summed E-state index contributed by atoms with van der Waals surface area (Å²) in [6.07, 6.45) is 5.31. The summed E-state index contributed by atoms with van der Waals surface area (Å²) in [7, 11) is -1.00. The Bertz CT molecular complexity index is 1540. The van der Waals surface area contributed by atoms with Crippen molar-refractivity contribution in [3.63, 3.8) is 0 Å². The molecule has 11 nitrogen and oxygen atoms in total. The molecule has 1 amide bonds. The number of nitrogens with one attached hydrogen (secondary N) is 2. The number of piperidine rings is 1. The molecule has 2 saturated heterocycles. The quantitative estimate of drug-likeness (QED) is 0.165. The van der Waals surface area contributed by atoms with Crippen LogP contribution in [0.2, 0.25) is 0 Å². The molecule has 2 aliphatic heterocycles. The average Bonchev–Trinajstić information content (AvgIpc) is 3.05. The first-order chi connectivity index (χ1) is 21.6. The lowest BCUT2D eigenvalue weighted by molar-refractivity contribution is -0.113. The van der Waals surface area contributed by atoms with Crippen LogP contribution in [0.15, 0.2) is 67.0 Å². The summed E-state index contributed by atoms with van der Waals surface area (Å²) in [6.45, 7) is 13.5. The summed E-state index contributed by atoms with van der Waals surface area (Å²) in [6, 6.07) is 13.2. The number of para-hydroxylation sites is 1. The van der Waals surface area contributed by atoms with Gasteiger partial charge in [0.15, 0.2) is 0 Å². The molecule has 2 N–H and O–H groups in total. The van der Waals surface area contributed by atoms with Gasteiger partial charge in [0.05, 0.1) is 49.8 Å². The van der Waals surface area contributed by atoms with E-state index in [2.05, 4.69) is 37.0 Å². The van der Waals surface area contributed by atoms with Gasteiger partial charge in [-0.15, -0.1) is 0 Å². The zero-order chi connectivity index (χ0) is 32.0. The summed E-state index contributed by atoms with van der Waals surface area (Å²) in [5.74, 6) is 0.630. The number of hydrogen-bond donors (Lipinski definition) is 2. The van der Waals surface area contributed by atoms with Crippen LogP contribution in [0.5, 0.6) is 5.75 Å². The van der Waals surface area contributed by atoms with Crippen LogP contribution >= 0.6 is 18.9 Å². The molecular formula is C32H41ClN7O4P. The third-order valence-corrected chi connectivity index (χ3v) is 10.0. The Morgan fingerprint density at radius 1 is 1.11 bits per heavy atom. The molecule has 0 aliphatic carbocycles. The van der Waals surface area contributed by atoms with E-state index in [0.29, 0.717) is 57.9 Å². The van der Waals surface area contributed by atoms with Crippen LogP contribution in [0, 0.1) is 0 Å². The number of halogens is 1. The Kier molecular flexibility index (Phi) is 10.8. The van der Waals surface area contributed by atoms with Crippen LogP contribution in [-0.4, -0.2) is 98.1 Å². The van der Waals surface area contributed by atoms with Crippen LogP contribution < -0.4 is 25.1 Å². The number of methoxy groups -OCH3 is 1. The zero-order valence-corrected chi connectivity index (χ0v) is 27.7. The van der Waals surface area contributed by atoms with E-state index in [1.807, 2.05) is 24.3 Å². The molecule has 2 aliphatic rings. The number of hydrogen-bond acceptors (Lipinski definition) is 10. The lowest BCUT2D eigenvalue weighted by atomic mass is 10.0. The number of nitrogens with zero attached hydrogens (tertiary/aromatic N) is 5. The highest BCUT2D eigenvalue weighted by Gasteiger charge is 2.27. The van der Waals surface area contributed by atoms with Gasteiger partial charge in [-0.05, 0) is 69.6 Å². The first-order valence-corrected chi connectivity index (χ1v) is 18.0. The van der Waals surface area contributed by atoms with Gasteiger partial charge in [-0.1, -0.05) is 18.7 Å². The number of aromatic nitrogens is 2. The highest BCUT2D eigenvalue weighted by Crippen LogP contribution is 2.40. The Morgan fingerprint density at radius 2 is 1.80 bits per heavy atom. The van der Waals surface area contributed by atoms with Crippen LogP contribution in [0.3, 0.4) is 0 Å². The Hall–Kier alpha value is -3.47. The highest BCUT2D eigenvalue weighted by molar-refractivity contribution is 7.70. The molecule has 45 heavy (non-hydrogen) atoms. The maximum atomic E-state index is 13.1. The van der Waals surface area contributed by atoms with Crippen molar-refractivity contribution in [2.75, 3.05) is 81.4 Å². The predicted octanol–water partition coefficient (Wildman–Crippen LogP) is 5.06. The second-order valence-electron chi connectivity index (χ2n) is 11.6. The molecule has 0 radical (unpaired) electrons. The molecule has 2 fully saturated rings. The Labute approximate surface area is 270 Å². The van der Waals surface area contributed by atoms with Crippen molar-refractivity contribution in [2.24, 2.45) is 0 Å². The molecule has 3 heterocycles. The Morgan fingerprint density at radius 3 is 2.47 bits per heavy atom. The van der Waals surface area contributed by atoms with Gasteiger partial charge in [-0.3, -0.25) is 14.6 Å². The zero-order valence-electron chi connectivity index (χ0n) is 26.0. The smallest absolute Gasteiger partial charge is 0.252 e. The number of carbonyl (C=O) groups is 1. The number of amides is 1. The van der Waals surface area contributed by atoms with Gasteiger partial charge in [0.2, 0.25) is 5.95 Å². The van der Waals surface area contributed by atoms with Gasteiger partial charge < -0.3 is 24.7 Å². The lowest BCUT2D eigenvalue weighted by Crippen LogP contribution is -2.49. The standard InChI is InChI=1S/C32H41ClN7O4P/c1-23(22-38-13-11-25(12-14-38)39-15-17-44-18-16-39)31(41)36-24-9-10-29(43-2)27(19-24)37-32-34-20-26(21-35-32)40(33)28-7-5-6-8-30(28)45(3,4)42/h5-10,19-21,25H,1,11-18,22H2,2-4H3,(H,36,41)(H,34,35,37). The first-order valence-electron chi connectivity index (χ1n) is 15.0. The molecule has 3 aromatic rings. The number of ether oxygens (including phenoxy) is 2. The molecular weight excluding hydrogens is 613 g/mol. The van der Waals surface area contributed by atoms with E-state index in [1.54, 1.807) is 51.0 Å². The van der Waals surface area contributed by atoms with Crippen LogP contribution in [-0.2, 0) is 14.1 Å². The van der Waals surface area contributed by atoms with Crippen LogP contribution in [0.4, 0.5) is 28.7 Å². The van der Waals surface area contributed by atoms with E-state index in [-0.39, 0.29) is 5.91 Å². The highest BCUT2D eigenvalue weighted by atomic mass is 35.5. The van der Waals surface area contributed by atoms with Crippen molar-refractivity contribution < 1.29 is 18.8 Å². The summed E-state index contributed by atoms with van der Waals surface area (Å²) in [5.41, 5.74) is 2.80. The van der Waals surface area contributed by atoms with Crippen molar-refractivity contribution in [2.45, 2.75) is 18.9 Å². The fourth-order valence-electron chi connectivity index (χ4n) is 5.66. The number of likely N-dealkylation sites (tertiary alicyclic amines) is 1. The van der Waals surface area contributed by atoms with Crippen molar-refractivity contribution in [3.05, 3.63) is 67.0 Å². The fraction of sp³-hybridized carbons (Fsp3) is 0.406. The van der Waals surface area contributed by atoms with Crippen molar-refractivity contribution in [1.29, 1.82) is 0 Å². The number of morpholine rings is 1. The number of benzene rings is 2. The molecule has 0 atom stereocenters. The van der Waals surface area contributed by atoms with Gasteiger partial charge in [0.1, 0.15) is 12.9 Å². The second-order valence-corrected chi connectivity index (χ2v) is 15.2. The van der Waals surface area contributed by atoms with Gasteiger partial charge >= 0.3 is 0 Å². The molecule has 1 aromatic heterocycles. The van der Waals surface area contributed by atoms with Gasteiger partial charge in [0, 0.05) is 54.0 Å². The second kappa shape index (κ2) is 14.7. The molecule has 0 spiro atoms. The third-order valence-electron chi connectivity index (χ3n) is 8.10. The van der Waals surface area contributed by atoms with E-state index in [9.17, 15) is 9.36 Å². The lowest BCUT2D eigenvalue weighted by Gasteiger charge is -2.40. The van der Waals surface area contributed by atoms with Crippen molar-refractivity contribution in [3.8, 4) is 5.75 Å². The normalized spacial score (nSPS) is 16.6. The first kappa shape index (κ1) is 32.9. The van der Waals surface area contributed by atoms with E-state index in [0.717, 1.165) is 52.2 Å². The molecule has 5 rings (SSSR count). The number of rotatable bonds is 11. The number of anilines is 5. The summed E-state index contributed by atoms with van der Waals surface area (Å²) < 4.78 is 25.2. The summed E-state index contributed by atoms with van der Waals surface area (Å²) >= 11 is 6.63. The molecule has 0 saturated carbocycles. The molecule has 0 bridgehead atoms. The van der Waals surface area contributed by atoms with Gasteiger partial charge in [-0.25, -0.2) is 14.4 Å². The molecule has 2 aromatic carbocycles. The SMILES string of the molecule is C=C(CN1CCC(N2CCOCC2)CC1)C(=O)Nc1ccc(OC)c(Nc2ncc(N(Cl)c3ccccc3P(C)(C)=O)cn2)c1. The average molecular weight is 654 g/mol. The van der Waals surface area contributed by atoms with E-state index in [4.69, 9.17) is 21.3 Å². The minimum Gasteiger partial charge on any atom is -0.495 e. The van der Waals surface area contributed by atoms with Crippen molar-refractivity contribution >= 4 is 58.8 Å². The monoisotopic (exact) mass is 653 g/mol. The number of carbonyl (C=O) groups excluding carboxylic acids is 1. The summed E-state index contributed by atoms with van der Waals surface area (Å²) in [5, 5.41) is 6.78. The predicted molar refractivity (Wildman–Crippen MR) is 181 cm³/mol. The minimum absolute atomic E-state index is 0.229. The van der Waals surface area contributed by atoms with Crippen molar-refractivity contribution in [1.82, 2.24) is 19.8 Å². The van der Waals surface area contributed by atoms with Crippen LogP contribution in [0.25, 0.3) is 0 Å². The molecule has 240 valence electrons. The van der Waals surface area contributed by atoms with E-state index in [1.165, 1.54) is 4.42 Å². The van der Waals surface area contributed by atoms with Gasteiger partial charge in [0.25, 0.3) is 5.91 Å². The topological polar surface area (TPSA) is 112 Å². The third kappa shape index (κ3) is 8.42. The maximum Gasteiger partial charge on any atom is 0.252 e. The molecule has 13 heteroatoms. The summed E-state index contributed by atoms with van der Waals surface area (Å²) in [4.78, 5) is 26.7.